The van der Waals surface area contributed by atoms with E-state index in [-0.39, 0.29) is 11.8 Å². The smallest absolute Gasteiger partial charge is 0.422 e. The minimum atomic E-state index is -4.30. The quantitative estimate of drug-likeness (QED) is 0.750. The van der Waals surface area contributed by atoms with Gasteiger partial charge in [0.25, 0.3) is 0 Å². The predicted molar refractivity (Wildman–Crippen MR) is 66.2 cm³/mol. The molecule has 0 spiro atoms. The Hall–Kier alpha value is -1.19. The Balaban J connectivity index is 3.00. The first-order valence-electron chi connectivity index (χ1n) is 6.04. The van der Waals surface area contributed by atoms with Crippen molar-refractivity contribution in [2.45, 2.75) is 45.7 Å². The van der Waals surface area contributed by atoms with Crippen molar-refractivity contribution in [3.8, 4) is 5.75 Å². The number of hydrogen-bond acceptors (Lipinski definition) is 1. The third kappa shape index (κ3) is 4.24. The van der Waals surface area contributed by atoms with Crippen LogP contribution in [0.15, 0.2) is 18.2 Å². The largest absolute Gasteiger partial charge is 0.484 e. The lowest BCUT2D eigenvalue weighted by molar-refractivity contribution is -0.153. The molecule has 0 bridgehead atoms. The maximum Gasteiger partial charge on any atom is 0.422 e. The number of rotatable bonds is 4. The normalized spacial score (nSPS) is 12.3. The van der Waals surface area contributed by atoms with Gasteiger partial charge in [-0.3, -0.25) is 0 Å². The number of alkyl halides is 3. The van der Waals surface area contributed by atoms with Crippen LogP contribution >= 0.6 is 0 Å². The third-order valence-corrected chi connectivity index (χ3v) is 2.72. The van der Waals surface area contributed by atoms with E-state index in [9.17, 15) is 13.2 Å². The Labute approximate surface area is 106 Å². The first kappa shape index (κ1) is 14.9. The molecular weight excluding hydrogens is 241 g/mol. The number of ether oxygens (including phenoxy) is 1. The van der Waals surface area contributed by atoms with Gasteiger partial charge in [0.2, 0.25) is 0 Å². The summed E-state index contributed by atoms with van der Waals surface area (Å²) >= 11 is 0. The topological polar surface area (TPSA) is 9.23 Å². The molecule has 0 heterocycles. The van der Waals surface area contributed by atoms with E-state index in [1.165, 1.54) is 0 Å². The molecule has 0 saturated carbocycles. The van der Waals surface area contributed by atoms with Crippen molar-refractivity contribution in [2.24, 2.45) is 0 Å². The Bertz CT molecular complexity index is 395. The van der Waals surface area contributed by atoms with E-state index in [1.54, 1.807) is 6.07 Å². The zero-order valence-corrected chi connectivity index (χ0v) is 11.1. The molecule has 18 heavy (non-hydrogen) atoms. The molecule has 0 aliphatic carbocycles. The van der Waals surface area contributed by atoms with E-state index in [4.69, 9.17) is 4.74 Å². The summed E-state index contributed by atoms with van der Waals surface area (Å²) in [6.07, 6.45) is -4.30. The summed E-state index contributed by atoms with van der Waals surface area (Å²) in [6, 6.07) is 5.51. The molecule has 0 radical (unpaired) electrons. The van der Waals surface area contributed by atoms with Crippen molar-refractivity contribution >= 4 is 0 Å². The SMILES string of the molecule is CC(C)c1ccc(C(C)C)c(OCC(F)(F)F)c1. The predicted octanol–water partition coefficient (Wildman–Crippen LogP) is 4.87. The van der Waals surface area contributed by atoms with Gasteiger partial charge in [0.1, 0.15) is 5.75 Å². The van der Waals surface area contributed by atoms with Gasteiger partial charge < -0.3 is 4.74 Å². The van der Waals surface area contributed by atoms with Crippen LogP contribution in [-0.4, -0.2) is 12.8 Å². The van der Waals surface area contributed by atoms with E-state index in [2.05, 4.69) is 0 Å². The molecule has 0 aliphatic heterocycles. The van der Waals surface area contributed by atoms with Crippen LogP contribution in [0.2, 0.25) is 0 Å². The number of hydrogen-bond donors (Lipinski definition) is 0. The monoisotopic (exact) mass is 260 g/mol. The summed E-state index contributed by atoms with van der Waals surface area (Å²) in [5, 5.41) is 0. The molecule has 102 valence electrons. The van der Waals surface area contributed by atoms with Crippen molar-refractivity contribution in [3.63, 3.8) is 0 Å². The molecule has 0 N–H and O–H groups in total. The lowest BCUT2D eigenvalue weighted by atomic mass is 9.96. The summed E-state index contributed by atoms with van der Waals surface area (Å²) in [4.78, 5) is 0. The van der Waals surface area contributed by atoms with Crippen LogP contribution in [-0.2, 0) is 0 Å². The fraction of sp³-hybridized carbons (Fsp3) is 0.571. The minimum absolute atomic E-state index is 0.134. The summed E-state index contributed by atoms with van der Waals surface area (Å²) < 4.78 is 41.6. The highest BCUT2D eigenvalue weighted by Gasteiger charge is 2.29. The maximum atomic E-state index is 12.2. The Morgan fingerprint density at radius 2 is 1.67 bits per heavy atom. The second-order valence-electron chi connectivity index (χ2n) is 5.01. The van der Waals surface area contributed by atoms with Gasteiger partial charge in [0, 0.05) is 0 Å². The summed E-state index contributed by atoms with van der Waals surface area (Å²) in [6.45, 7) is 6.62. The zero-order chi connectivity index (χ0) is 13.9. The van der Waals surface area contributed by atoms with Gasteiger partial charge in [-0.1, -0.05) is 39.8 Å². The van der Waals surface area contributed by atoms with Crippen molar-refractivity contribution < 1.29 is 17.9 Å². The van der Waals surface area contributed by atoms with Crippen LogP contribution in [0.3, 0.4) is 0 Å². The molecule has 0 aliphatic rings. The fourth-order valence-corrected chi connectivity index (χ4v) is 1.67. The van der Waals surface area contributed by atoms with E-state index in [1.807, 2.05) is 39.8 Å². The highest BCUT2D eigenvalue weighted by Crippen LogP contribution is 2.31. The van der Waals surface area contributed by atoms with Gasteiger partial charge in [-0.2, -0.15) is 13.2 Å². The van der Waals surface area contributed by atoms with Crippen LogP contribution in [0.5, 0.6) is 5.75 Å². The Kier molecular flexibility index (Phi) is 4.65. The molecule has 0 fully saturated rings. The van der Waals surface area contributed by atoms with Crippen molar-refractivity contribution in [1.82, 2.24) is 0 Å². The van der Waals surface area contributed by atoms with E-state index in [0.717, 1.165) is 11.1 Å². The lowest BCUT2D eigenvalue weighted by Crippen LogP contribution is -2.20. The minimum Gasteiger partial charge on any atom is -0.484 e. The van der Waals surface area contributed by atoms with Gasteiger partial charge in [-0.25, -0.2) is 0 Å². The molecule has 1 aromatic carbocycles. The zero-order valence-electron chi connectivity index (χ0n) is 11.1. The Morgan fingerprint density at radius 1 is 1.06 bits per heavy atom. The van der Waals surface area contributed by atoms with E-state index in [0.29, 0.717) is 5.75 Å². The van der Waals surface area contributed by atoms with Crippen molar-refractivity contribution in [1.29, 1.82) is 0 Å². The van der Waals surface area contributed by atoms with Crippen LogP contribution in [0.4, 0.5) is 13.2 Å². The fourth-order valence-electron chi connectivity index (χ4n) is 1.67. The highest BCUT2D eigenvalue weighted by atomic mass is 19.4. The molecule has 0 amide bonds. The number of benzene rings is 1. The number of halogens is 3. The van der Waals surface area contributed by atoms with E-state index >= 15 is 0 Å². The van der Waals surface area contributed by atoms with Crippen molar-refractivity contribution in [2.75, 3.05) is 6.61 Å². The molecule has 1 aromatic rings. The van der Waals surface area contributed by atoms with Crippen LogP contribution in [0.1, 0.15) is 50.7 Å². The summed E-state index contributed by atoms with van der Waals surface area (Å²) in [7, 11) is 0. The van der Waals surface area contributed by atoms with Gasteiger partial charge in [-0.05, 0) is 29.0 Å². The van der Waals surface area contributed by atoms with Gasteiger partial charge in [0.15, 0.2) is 6.61 Å². The van der Waals surface area contributed by atoms with E-state index < -0.39 is 12.8 Å². The summed E-state index contributed by atoms with van der Waals surface area (Å²) in [5.41, 5.74) is 1.79. The maximum absolute atomic E-state index is 12.2. The highest BCUT2D eigenvalue weighted by molar-refractivity contribution is 5.40. The Morgan fingerprint density at radius 3 is 2.11 bits per heavy atom. The second-order valence-corrected chi connectivity index (χ2v) is 5.01. The molecule has 0 saturated heterocycles. The second kappa shape index (κ2) is 5.63. The average Bonchev–Trinajstić information content (AvgIpc) is 2.24. The summed E-state index contributed by atoms with van der Waals surface area (Å²) in [5.74, 6) is 0.738. The van der Waals surface area contributed by atoms with Gasteiger partial charge in [-0.15, -0.1) is 0 Å². The van der Waals surface area contributed by atoms with Gasteiger partial charge in [0.05, 0.1) is 0 Å². The average molecular weight is 260 g/mol. The third-order valence-electron chi connectivity index (χ3n) is 2.72. The molecular formula is C14H19F3O. The molecule has 0 atom stereocenters. The standard InChI is InChI=1S/C14H19F3O/c1-9(2)11-5-6-12(10(3)4)13(7-11)18-8-14(15,16)17/h5-7,9-10H,8H2,1-4H3. The van der Waals surface area contributed by atoms with Crippen molar-refractivity contribution in [3.05, 3.63) is 29.3 Å². The molecule has 0 aromatic heterocycles. The molecule has 4 heteroatoms. The first-order chi connectivity index (χ1) is 8.20. The molecule has 0 unspecified atom stereocenters. The van der Waals surface area contributed by atoms with Crippen LogP contribution in [0, 0.1) is 0 Å². The van der Waals surface area contributed by atoms with Crippen LogP contribution in [0.25, 0.3) is 0 Å². The molecule has 1 rings (SSSR count). The lowest BCUT2D eigenvalue weighted by Gasteiger charge is -2.17. The molecule has 1 nitrogen and oxygen atoms in total. The van der Waals surface area contributed by atoms with Crippen LogP contribution < -0.4 is 4.74 Å². The van der Waals surface area contributed by atoms with Gasteiger partial charge >= 0.3 is 6.18 Å². The first-order valence-corrected chi connectivity index (χ1v) is 6.04.